The van der Waals surface area contributed by atoms with Gasteiger partial charge < -0.3 is 5.32 Å². The molecule has 102 valence electrons. The van der Waals surface area contributed by atoms with E-state index in [2.05, 4.69) is 48.2 Å². The zero-order valence-corrected chi connectivity index (χ0v) is 12.0. The average molecular weight is 266 g/mol. The molecule has 4 nitrogen and oxygen atoms in total. The van der Waals surface area contributed by atoms with E-state index in [0.717, 1.165) is 0 Å². The molecule has 0 amide bonds. The SMILES string of the molecule is CC(C)(C)C(Nc1cnc(C#N)cn1)c1ccccc1. The highest BCUT2D eigenvalue weighted by Crippen LogP contribution is 2.35. The Hall–Kier alpha value is -2.41. The smallest absolute Gasteiger partial charge is 0.158 e. The monoisotopic (exact) mass is 266 g/mol. The van der Waals surface area contributed by atoms with E-state index in [0.29, 0.717) is 11.5 Å². The molecule has 1 heterocycles. The Balaban J connectivity index is 2.27. The fourth-order valence-corrected chi connectivity index (χ4v) is 2.05. The number of nitrogens with zero attached hydrogens (tertiary/aromatic N) is 3. The minimum atomic E-state index is 0.0247. The quantitative estimate of drug-likeness (QED) is 0.922. The molecule has 2 rings (SSSR count). The second kappa shape index (κ2) is 5.70. The molecular formula is C16H18N4. The van der Waals surface area contributed by atoms with Gasteiger partial charge >= 0.3 is 0 Å². The molecule has 1 atom stereocenters. The highest BCUT2D eigenvalue weighted by Gasteiger charge is 2.26. The topological polar surface area (TPSA) is 61.6 Å². The highest BCUT2D eigenvalue weighted by molar-refractivity contribution is 5.38. The summed E-state index contributed by atoms with van der Waals surface area (Å²) < 4.78 is 0. The molecule has 0 saturated carbocycles. The first-order valence-corrected chi connectivity index (χ1v) is 6.54. The minimum absolute atomic E-state index is 0.0247. The molecule has 4 heteroatoms. The van der Waals surface area contributed by atoms with Gasteiger partial charge in [0.25, 0.3) is 0 Å². The van der Waals surface area contributed by atoms with Crippen LogP contribution in [0, 0.1) is 16.7 Å². The summed E-state index contributed by atoms with van der Waals surface area (Å²) in [7, 11) is 0. The Bertz CT molecular complexity index is 591. The second-order valence-corrected chi connectivity index (χ2v) is 5.75. The Morgan fingerprint density at radius 3 is 2.30 bits per heavy atom. The van der Waals surface area contributed by atoms with E-state index in [1.165, 1.54) is 11.8 Å². The Morgan fingerprint density at radius 1 is 1.10 bits per heavy atom. The van der Waals surface area contributed by atoms with E-state index in [1.807, 2.05) is 24.3 Å². The lowest BCUT2D eigenvalue weighted by Crippen LogP contribution is -2.26. The molecule has 1 N–H and O–H groups in total. The maximum atomic E-state index is 8.74. The third-order valence-corrected chi connectivity index (χ3v) is 3.06. The van der Waals surface area contributed by atoms with Crippen molar-refractivity contribution < 1.29 is 0 Å². The van der Waals surface area contributed by atoms with E-state index < -0.39 is 0 Å². The van der Waals surface area contributed by atoms with Gasteiger partial charge in [-0.05, 0) is 11.0 Å². The Kier molecular flexibility index (Phi) is 3.99. The predicted octanol–water partition coefficient (Wildman–Crippen LogP) is 3.55. The normalized spacial score (nSPS) is 12.5. The zero-order valence-electron chi connectivity index (χ0n) is 12.0. The van der Waals surface area contributed by atoms with Crippen LogP contribution < -0.4 is 5.32 Å². The maximum absolute atomic E-state index is 8.74. The second-order valence-electron chi connectivity index (χ2n) is 5.75. The number of nitriles is 1. The van der Waals surface area contributed by atoms with Gasteiger partial charge in [0.1, 0.15) is 11.9 Å². The lowest BCUT2D eigenvalue weighted by molar-refractivity contribution is 0.347. The van der Waals surface area contributed by atoms with E-state index in [9.17, 15) is 0 Å². The molecule has 0 aliphatic heterocycles. The van der Waals surface area contributed by atoms with E-state index >= 15 is 0 Å². The molecule has 0 radical (unpaired) electrons. The third kappa shape index (κ3) is 3.33. The molecule has 1 aromatic carbocycles. The van der Waals surface area contributed by atoms with Crippen molar-refractivity contribution in [3.8, 4) is 6.07 Å². The molecule has 0 aliphatic carbocycles. The maximum Gasteiger partial charge on any atom is 0.158 e. The van der Waals surface area contributed by atoms with Crippen molar-refractivity contribution in [1.82, 2.24) is 9.97 Å². The van der Waals surface area contributed by atoms with Crippen molar-refractivity contribution in [1.29, 1.82) is 5.26 Å². The Morgan fingerprint density at radius 2 is 1.80 bits per heavy atom. The molecule has 0 spiro atoms. The lowest BCUT2D eigenvalue weighted by atomic mass is 9.82. The molecule has 0 bridgehead atoms. The number of hydrogen-bond acceptors (Lipinski definition) is 4. The molecular weight excluding hydrogens is 248 g/mol. The fourth-order valence-electron chi connectivity index (χ4n) is 2.05. The van der Waals surface area contributed by atoms with Crippen LogP contribution >= 0.6 is 0 Å². The molecule has 0 saturated heterocycles. The van der Waals surface area contributed by atoms with Crippen molar-refractivity contribution in [2.24, 2.45) is 5.41 Å². The van der Waals surface area contributed by atoms with Crippen LogP contribution in [0.5, 0.6) is 0 Å². The summed E-state index contributed by atoms with van der Waals surface area (Å²) >= 11 is 0. The predicted molar refractivity (Wildman–Crippen MR) is 79.0 cm³/mol. The fraction of sp³-hybridized carbons (Fsp3) is 0.312. The van der Waals surface area contributed by atoms with E-state index in [1.54, 1.807) is 6.20 Å². The molecule has 0 fully saturated rings. The van der Waals surface area contributed by atoms with Gasteiger partial charge in [-0.15, -0.1) is 0 Å². The van der Waals surface area contributed by atoms with Crippen LogP contribution in [-0.2, 0) is 0 Å². The van der Waals surface area contributed by atoms with Crippen LogP contribution in [0.2, 0.25) is 0 Å². The van der Waals surface area contributed by atoms with Gasteiger partial charge in [-0.2, -0.15) is 5.26 Å². The average Bonchev–Trinajstić information content (AvgIpc) is 2.45. The summed E-state index contributed by atoms with van der Waals surface area (Å²) in [5, 5.41) is 12.1. The molecule has 0 aliphatic rings. The first-order valence-electron chi connectivity index (χ1n) is 6.54. The third-order valence-electron chi connectivity index (χ3n) is 3.06. The van der Waals surface area contributed by atoms with Crippen molar-refractivity contribution in [2.45, 2.75) is 26.8 Å². The van der Waals surface area contributed by atoms with Crippen molar-refractivity contribution in [3.05, 3.63) is 54.0 Å². The van der Waals surface area contributed by atoms with Crippen LogP contribution in [0.3, 0.4) is 0 Å². The summed E-state index contributed by atoms with van der Waals surface area (Å²) in [6, 6.07) is 12.3. The standard InChI is InChI=1S/C16H18N4/c1-16(2,3)15(12-7-5-4-6-8-12)20-14-11-18-13(9-17)10-19-14/h4-8,10-11,15H,1-3H3,(H,19,20). The number of hydrogen-bond donors (Lipinski definition) is 1. The van der Waals surface area contributed by atoms with Crippen LogP contribution in [-0.4, -0.2) is 9.97 Å². The van der Waals surface area contributed by atoms with Gasteiger partial charge in [0.05, 0.1) is 18.4 Å². The summed E-state index contributed by atoms with van der Waals surface area (Å²) in [5.41, 5.74) is 1.55. The van der Waals surface area contributed by atoms with Gasteiger partial charge in [-0.3, -0.25) is 0 Å². The number of anilines is 1. The summed E-state index contributed by atoms with van der Waals surface area (Å²) in [6.07, 6.45) is 3.08. The molecule has 1 unspecified atom stereocenters. The zero-order chi connectivity index (χ0) is 14.6. The van der Waals surface area contributed by atoms with Crippen molar-refractivity contribution in [3.63, 3.8) is 0 Å². The molecule has 1 aromatic heterocycles. The summed E-state index contributed by atoms with van der Waals surface area (Å²) in [6.45, 7) is 6.53. The van der Waals surface area contributed by atoms with E-state index in [4.69, 9.17) is 5.26 Å². The van der Waals surface area contributed by atoms with Gasteiger partial charge in [0.15, 0.2) is 5.69 Å². The molecule has 2 aromatic rings. The molecule has 20 heavy (non-hydrogen) atoms. The van der Waals surface area contributed by atoms with Crippen LogP contribution in [0.25, 0.3) is 0 Å². The van der Waals surface area contributed by atoms with Crippen molar-refractivity contribution in [2.75, 3.05) is 5.32 Å². The van der Waals surface area contributed by atoms with Gasteiger partial charge in [0.2, 0.25) is 0 Å². The number of rotatable bonds is 3. The Labute approximate surface area is 119 Å². The van der Waals surface area contributed by atoms with Crippen molar-refractivity contribution >= 4 is 5.82 Å². The summed E-state index contributed by atoms with van der Waals surface area (Å²) in [5.74, 6) is 0.674. The minimum Gasteiger partial charge on any atom is -0.361 e. The number of aromatic nitrogens is 2. The largest absolute Gasteiger partial charge is 0.361 e. The summed E-state index contributed by atoms with van der Waals surface area (Å²) in [4.78, 5) is 8.27. The lowest BCUT2D eigenvalue weighted by Gasteiger charge is -2.32. The van der Waals surface area contributed by atoms with Crippen LogP contribution in [0.1, 0.15) is 38.1 Å². The first-order chi connectivity index (χ1) is 9.50. The van der Waals surface area contributed by atoms with Gasteiger partial charge in [-0.25, -0.2) is 9.97 Å². The van der Waals surface area contributed by atoms with E-state index in [-0.39, 0.29) is 11.5 Å². The van der Waals surface area contributed by atoms with Gasteiger partial charge in [0, 0.05) is 0 Å². The van der Waals surface area contributed by atoms with Gasteiger partial charge in [-0.1, -0.05) is 51.1 Å². The number of nitrogens with one attached hydrogen (secondary N) is 1. The van der Waals surface area contributed by atoms with Crippen LogP contribution in [0.4, 0.5) is 5.82 Å². The van der Waals surface area contributed by atoms with Crippen LogP contribution in [0.15, 0.2) is 42.7 Å². The first kappa shape index (κ1) is 14.0. The highest BCUT2D eigenvalue weighted by atomic mass is 15.0. The number of benzene rings is 1.